The number of carbonyl (C=O) groups excluding carboxylic acids is 1. The number of amides is 1. The third-order valence-electron chi connectivity index (χ3n) is 3.31. The summed E-state index contributed by atoms with van der Waals surface area (Å²) in [5, 5.41) is 11.5. The fourth-order valence-corrected chi connectivity index (χ4v) is 2.18. The van der Waals surface area contributed by atoms with Gasteiger partial charge in [0.25, 0.3) is 0 Å². The highest BCUT2D eigenvalue weighted by atomic mass is 16.4. The Labute approximate surface area is 96.3 Å². The molecule has 5 nitrogen and oxygen atoms in total. The van der Waals surface area contributed by atoms with E-state index in [2.05, 4.69) is 12.1 Å². The number of rotatable bonds is 3. The first-order chi connectivity index (χ1) is 7.61. The molecule has 0 bridgehead atoms. The van der Waals surface area contributed by atoms with Crippen LogP contribution in [-0.4, -0.2) is 34.4 Å². The molecule has 1 rings (SSSR count). The van der Waals surface area contributed by atoms with Gasteiger partial charge in [0.15, 0.2) is 5.84 Å². The van der Waals surface area contributed by atoms with Crippen LogP contribution in [0.15, 0.2) is 5.16 Å². The molecule has 1 fully saturated rings. The van der Waals surface area contributed by atoms with Crippen molar-refractivity contribution in [1.82, 2.24) is 4.90 Å². The molecule has 1 aliphatic rings. The summed E-state index contributed by atoms with van der Waals surface area (Å²) in [6.45, 7) is 4.56. The fourth-order valence-electron chi connectivity index (χ4n) is 2.18. The Morgan fingerprint density at radius 2 is 2.31 bits per heavy atom. The van der Waals surface area contributed by atoms with Crippen molar-refractivity contribution in [2.75, 3.05) is 6.54 Å². The maximum absolute atomic E-state index is 12.1. The zero-order chi connectivity index (χ0) is 12.1. The van der Waals surface area contributed by atoms with Crippen molar-refractivity contribution >= 4 is 11.7 Å². The van der Waals surface area contributed by atoms with Crippen molar-refractivity contribution in [3.05, 3.63) is 0 Å². The van der Waals surface area contributed by atoms with Crippen molar-refractivity contribution in [3.63, 3.8) is 0 Å². The number of piperidine rings is 1. The number of nitrogens with zero attached hydrogens (tertiary/aromatic N) is 2. The van der Waals surface area contributed by atoms with Crippen LogP contribution in [0.4, 0.5) is 0 Å². The summed E-state index contributed by atoms with van der Waals surface area (Å²) in [6.07, 6.45) is 4.26. The van der Waals surface area contributed by atoms with E-state index < -0.39 is 5.92 Å². The standard InChI is InChI=1S/C11H21N3O2/c1-3-9-6-4-5-7-14(9)11(15)8(2)10(12)13-16/h8-9,16H,3-7H2,1-2H3,(H2,12,13). The second-order valence-corrected chi connectivity index (χ2v) is 4.34. The van der Waals surface area contributed by atoms with Crippen molar-refractivity contribution in [2.45, 2.75) is 45.6 Å². The summed E-state index contributed by atoms with van der Waals surface area (Å²) in [4.78, 5) is 14.0. The van der Waals surface area contributed by atoms with Gasteiger partial charge in [0.1, 0.15) is 0 Å². The average Bonchev–Trinajstić information content (AvgIpc) is 2.35. The van der Waals surface area contributed by atoms with Crippen LogP contribution < -0.4 is 5.73 Å². The first kappa shape index (κ1) is 12.8. The van der Waals surface area contributed by atoms with E-state index in [9.17, 15) is 4.79 Å². The van der Waals surface area contributed by atoms with Crippen LogP contribution in [0, 0.1) is 5.92 Å². The van der Waals surface area contributed by atoms with E-state index in [-0.39, 0.29) is 11.7 Å². The molecule has 0 radical (unpaired) electrons. The van der Waals surface area contributed by atoms with Crippen LogP contribution in [-0.2, 0) is 4.79 Å². The summed E-state index contributed by atoms with van der Waals surface area (Å²) >= 11 is 0. The van der Waals surface area contributed by atoms with Gasteiger partial charge in [-0.1, -0.05) is 12.1 Å². The second kappa shape index (κ2) is 5.72. The SMILES string of the molecule is CCC1CCCCN1C(=O)C(C)C(N)=NO. The lowest BCUT2D eigenvalue weighted by Gasteiger charge is -2.36. The van der Waals surface area contributed by atoms with Crippen molar-refractivity contribution in [1.29, 1.82) is 0 Å². The number of nitrogens with two attached hydrogens (primary N) is 1. The minimum absolute atomic E-state index is 0.00886. The molecule has 16 heavy (non-hydrogen) atoms. The molecule has 5 heteroatoms. The molecule has 3 N–H and O–H groups in total. The number of hydrogen-bond acceptors (Lipinski definition) is 3. The summed E-state index contributed by atoms with van der Waals surface area (Å²) < 4.78 is 0. The van der Waals surface area contributed by atoms with E-state index >= 15 is 0 Å². The average molecular weight is 227 g/mol. The van der Waals surface area contributed by atoms with Gasteiger partial charge in [0.2, 0.25) is 5.91 Å². The molecule has 0 aliphatic carbocycles. The third-order valence-corrected chi connectivity index (χ3v) is 3.31. The Hall–Kier alpha value is -1.26. The molecule has 0 aromatic rings. The van der Waals surface area contributed by atoms with E-state index in [4.69, 9.17) is 10.9 Å². The molecule has 1 heterocycles. The molecular weight excluding hydrogens is 206 g/mol. The van der Waals surface area contributed by atoms with E-state index in [1.165, 1.54) is 6.42 Å². The predicted octanol–water partition coefficient (Wildman–Crippen LogP) is 1.16. The van der Waals surface area contributed by atoms with Gasteiger partial charge in [-0.25, -0.2) is 0 Å². The first-order valence-corrected chi connectivity index (χ1v) is 5.89. The van der Waals surface area contributed by atoms with Gasteiger partial charge >= 0.3 is 0 Å². The van der Waals surface area contributed by atoms with Gasteiger partial charge < -0.3 is 15.8 Å². The Balaban J connectivity index is 2.70. The Morgan fingerprint density at radius 3 is 2.88 bits per heavy atom. The minimum Gasteiger partial charge on any atom is -0.409 e. The molecule has 0 aromatic heterocycles. The maximum Gasteiger partial charge on any atom is 0.233 e. The molecule has 1 aliphatic heterocycles. The molecule has 0 saturated carbocycles. The maximum atomic E-state index is 12.1. The highest BCUT2D eigenvalue weighted by Crippen LogP contribution is 2.21. The second-order valence-electron chi connectivity index (χ2n) is 4.34. The normalized spacial score (nSPS) is 24.2. The quantitative estimate of drug-likeness (QED) is 0.328. The molecule has 0 aromatic carbocycles. The predicted molar refractivity (Wildman–Crippen MR) is 62.2 cm³/mol. The van der Waals surface area contributed by atoms with Gasteiger partial charge in [-0.3, -0.25) is 4.79 Å². The van der Waals surface area contributed by atoms with Gasteiger partial charge in [-0.2, -0.15) is 0 Å². The lowest BCUT2D eigenvalue weighted by molar-refractivity contribution is -0.136. The van der Waals surface area contributed by atoms with Gasteiger partial charge in [0.05, 0.1) is 5.92 Å². The van der Waals surface area contributed by atoms with E-state index in [1.54, 1.807) is 6.92 Å². The number of hydrogen-bond donors (Lipinski definition) is 2. The fraction of sp³-hybridized carbons (Fsp3) is 0.818. The van der Waals surface area contributed by atoms with Crippen LogP contribution in [0.25, 0.3) is 0 Å². The van der Waals surface area contributed by atoms with E-state index in [1.807, 2.05) is 4.90 Å². The highest BCUT2D eigenvalue weighted by molar-refractivity contribution is 6.01. The molecule has 0 spiro atoms. The van der Waals surface area contributed by atoms with Crippen molar-refractivity contribution < 1.29 is 10.0 Å². The third kappa shape index (κ3) is 2.65. The Morgan fingerprint density at radius 1 is 1.62 bits per heavy atom. The summed E-state index contributed by atoms with van der Waals surface area (Å²) in [5.74, 6) is -0.565. The van der Waals surface area contributed by atoms with Crippen LogP contribution in [0.5, 0.6) is 0 Å². The number of oxime groups is 1. The Bertz CT molecular complexity index is 278. The topological polar surface area (TPSA) is 78.9 Å². The van der Waals surface area contributed by atoms with Gasteiger partial charge in [-0.15, -0.1) is 0 Å². The number of amidine groups is 1. The van der Waals surface area contributed by atoms with Crippen molar-refractivity contribution in [3.8, 4) is 0 Å². The van der Waals surface area contributed by atoms with E-state index in [0.29, 0.717) is 6.04 Å². The monoisotopic (exact) mass is 227 g/mol. The highest BCUT2D eigenvalue weighted by Gasteiger charge is 2.30. The zero-order valence-corrected chi connectivity index (χ0v) is 10.0. The minimum atomic E-state index is -0.530. The number of carbonyl (C=O) groups is 1. The van der Waals surface area contributed by atoms with Gasteiger partial charge in [-0.05, 0) is 32.6 Å². The van der Waals surface area contributed by atoms with Crippen LogP contribution in [0.3, 0.4) is 0 Å². The van der Waals surface area contributed by atoms with Crippen LogP contribution >= 0.6 is 0 Å². The van der Waals surface area contributed by atoms with Crippen LogP contribution in [0.1, 0.15) is 39.5 Å². The summed E-state index contributed by atoms with van der Waals surface area (Å²) in [7, 11) is 0. The largest absolute Gasteiger partial charge is 0.409 e. The lowest BCUT2D eigenvalue weighted by Crippen LogP contribution is -2.48. The van der Waals surface area contributed by atoms with Crippen LogP contribution in [0.2, 0.25) is 0 Å². The van der Waals surface area contributed by atoms with Gasteiger partial charge in [0, 0.05) is 12.6 Å². The molecule has 2 atom stereocenters. The summed E-state index contributed by atoms with van der Waals surface area (Å²) in [5.41, 5.74) is 5.46. The lowest BCUT2D eigenvalue weighted by atomic mass is 9.97. The molecule has 1 saturated heterocycles. The Kier molecular flexibility index (Phi) is 4.58. The number of likely N-dealkylation sites (tertiary alicyclic amines) is 1. The summed E-state index contributed by atoms with van der Waals surface area (Å²) in [6, 6.07) is 0.315. The molecule has 92 valence electrons. The molecule has 2 unspecified atom stereocenters. The first-order valence-electron chi connectivity index (χ1n) is 5.89. The zero-order valence-electron chi connectivity index (χ0n) is 10.0. The smallest absolute Gasteiger partial charge is 0.233 e. The van der Waals surface area contributed by atoms with Crippen molar-refractivity contribution in [2.24, 2.45) is 16.8 Å². The van der Waals surface area contributed by atoms with E-state index in [0.717, 1.165) is 25.8 Å². The molecule has 1 amide bonds. The molecular formula is C11H21N3O2.